The predicted octanol–water partition coefficient (Wildman–Crippen LogP) is 3.87. The highest BCUT2D eigenvalue weighted by molar-refractivity contribution is 5.93. The summed E-state index contributed by atoms with van der Waals surface area (Å²) in [5.41, 5.74) is 4.63. The second kappa shape index (κ2) is 13.0. The Bertz CT molecular complexity index is 1200. The number of carbonyl (C=O) groups is 2. The summed E-state index contributed by atoms with van der Waals surface area (Å²) >= 11 is 0. The molecule has 216 valence electrons. The summed E-state index contributed by atoms with van der Waals surface area (Å²) in [5, 5.41) is 6.36. The second-order valence-electron chi connectivity index (χ2n) is 11.7. The van der Waals surface area contributed by atoms with Gasteiger partial charge in [-0.1, -0.05) is 12.1 Å². The first-order valence-electron chi connectivity index (χ1n) is 14.8. The topological polar surface area (TPSA) is 83.1 Å². The molecule has 2 aromatic carbocycles. The van der Waals surface area contributed by atoms with E-state index in [1.807, 2.05) is 24.3 Å². The van der Waals surface area contributed by atoms with Gasteiger partial charge in [-0.2, -0.15) is 0 Å². The zero-order valence-corrected chi connectivity index (χ0v) is 24.2. The van der Waals surface area contributed by atoms with Crippen LogP contribution in [0.2, 0.25) is 0 Å². The quantitative estimate of drug-likeness (QED) is 0.469. The third-order valence-corrected chi connectivity index (χ3v) is 8.94. The van der Waals surface area contributed by atoms with E-state index < -0.39 is 0 Å². The molecule has 0 radical (unpaired) electrons. The first kappa shape index (κ1) is 28.4. The van der Waals surface area contributed by atoms with Crippen molar-refractivity contribution in [3.63, 3.8) is 0 Å². The summed E-state index contributed by atoms with van der Waals surface area (Å²) in [6.07, 6.45) is 7.30. The highest BCUT2D eigenvalue weighted by atomic mass is 16.5. The van der Waals surface area contributed by atoms with Crippen molar-refractivity contribution in [1.82, 2.24) is 15.1 Å². The molecule has 0 saturated carbocycles. The van der Waals surface area contributed by atoms with E-state index >= 15 is 0 Å². The van der Waals surface area contributed by atoms with E-state index in [2.05, 4.69) is 39.6 Å². The molecule has 2 aliphatic heterocycles. The van der Waals surface area contributed by atoms with Gasteiger partial charge in [0.25, 0.3) is 0 Å². The molecule has 2 aromatic rings. The zero-order chi connectivity index (χ0) is 28.1. The smallest absolute Gasteiger partial charge is 0.228 e. The second-order valence-corrected chi connectivity index (χ2v) is 11.7. The van der Waals surface area contributed by atoms with Crippen molar-refractivity contribution in [2.45, 2.75) is 57.5 Å². The first-order valence-corrected chi connectivity index (χ1v) is 14.8. The number of carbonyl (C=O) groups excluding carboxylic acids is 2. The molecule has 5 rings (SSSR count). The van der Waals surface area contributed by atoms with Gasteiger partial charge in [0.15, 0.2) is 11.5 Å². The molecule has 0 aromatic heterocycles. The molecule has 3 atom stereocenters. The lowest BCUT2D eigenvalue weighted by atomic mass is 9.87. The molecule has 2 heterocycles. The minimum absolute atomic E-state index is 0.0136. The van der Waals surface area contributed by atoms with Crippen LogP contribution in [0.15, 0.2) is 36.4 Å². The number of ether oxygens (including phenoxy) is 2. The number of piperidine rings is 1. The number of benzene rings is 2. The minimum atomic E-state index is -0.279. The molecule has 0 unspecified atom stereocenters. The number of nitrogens with one attached hydrogen (secondary N) is 2. The molecule has 8 nitrogen and oxygen atoms in total. The number of nitrogens with zero attached hydrogens (tertiary/aromatic N) is 2. The van der Waals surface area contributed by atoms with Crippen molar-refractivity contribution < 1.29 is 19.1 Å². The summed E-state index contributed by atoms with van der Waals surface area (Å²) in [6, 6.07) is 12.7. The monoisotopic (exact) mass is 548 g/mol. The fourth-order valence-electron chi connectivity index (χ4n) is 6.68. The van der Waals surface area contributed by atoms with Crippen LogP contribution in [0.25, 0.3) is 0 Å². The molecule has 0 bridgehead atoms. The summed E-state index contributed by atoms with van der Waals surface area (Å²) in [6.45, 7) is 3.65. The number of likely N-dealkylation sites (tertiary alicyclic amines) is 2. The summed E-state index contributed by atoms with van der Waals surface area (Å²) in [7, 11) is 5.42. The van der Waals surface area contributed by atoms with Crippen molar-refractivity contribution >= 4 is 17.5 Å². The lowest BCUT2D eigenvalue weighted by Crippen LogP contribution is -2.49. The lowest BCUT2D eigenvalue weighted by molar-refractivity contribution is -0.130. The van der Waals surface area contributed by atoms with Crippen LogP contribution in [0.4, 0.5) is 5.69 Å². The Morgan fingerprint density at radius 1 is 0.925 bits per heavy atom. The molecule has 2 fully saturated rings. The normalized spacial score (nSPS) is 23.0. The van der Waals surface area contributed by atoms with Gasteiger partial charge in [0.05, 0.1) is 26.1 Å². The van der Waals surface area contributed by atoms with Gasteiger partial charge in [-0.3, -0.25) is 14.5 Å². The Kier molecular flexibility index (Phi) is 9.27. The van der Waals surface area contributed by atoms with E-state index in [9.17, 15) is 9.59 Å². The lowest BCUT2D eigenvalue weighted by Gasteiger charge is -2.36. The van der Waals surface area contributed by atoms with E-state index in [1.54, 1.807) is 14.2 Å². The van der Waals surface area contributed by atoms with Crippen LogP contribution in [0.3, 0.4) is 0 Å². The molecule has 40 heavy (non-hydrogen) atoms. The molecular weight excluding hydrogens is 504 g/mol. The largest absolute Gasteiger partial charge is 0.493 e. The summed E-state index contributed by atoms with van der Waals surface area (Å²) in [5.74, 6) is 0.869. The fraction of sp³-hybridized carbons (Fsp3) is 0.562. The maximum absolute atomic E-state index is 13.5. The van der Waals surface area contributed by atoms with Crippen molar-refractivity contribution in [2.24, 2.45) is 11.8 Å². The van der Waals surface area contributed by atoms with Gasteiger partial charge in [0, 0.05) is 37.9 Å². The zero-order valence-electron chi connectivity index (χ0n) is 24.2. The highest BCUT2D eigenvalue weighted by Gasteiger charge is 2.35. The number of anilines is 1. The molecule has 1 aliphatic carbocycles. The van der Waals surface area contributed by atoms with Gasteiger partial charge >= 0.3 is 0 Å². The standard InChI is InChI=1S/C32H44N4O4/c1-35-15-5-8-28(35)13-14-33-31(37)25-17-26(32(38)34-27-11-10-23-6-4-7-24(23)18-27)21-36(20-25)19-22-9-12-29(39-2)30(16-22)40-3/h9-12,16,18,25-26,28H,4-8,13-15,17,19-21H2,1-3H3,(H,33,37)(H,34,38)/t25-,26+,28+/m0/s1. The fourth-order valence-corrected chi connectivity index (χ4v) is 6.68. The van der Waals surface area contributed by atoms with Crippen molar-refractivity contribution in [2.75, 3.05) is 52.8 Å². The first-order chi connectivity index (χ1) is 19.4. The maximum atomic E-state index is 13.5. The number of hydrogen-bond donors (Lipinski definition) is 2. The number of hydrogen-bond acceptors (Lipinski definition) is 6. The summed E-state index contributed by atoms with van der Waals surface area (Å²) in [4.78, 5) is 31.5. The summed E-state index contributed by atoms with van der Waals surface area (Å²) < 4.78 is 10.9. The van der Waals surface area contributed by atoms with E-state index in [0.29, 0.717) is 50.1 Å². The average molecular weight is 549 g/mol. The number of methoxy groups -OCH3 is 2. The van der Waals surface area contributed by atoms with Crippen LogP contribution >= 0.6 is 0 Å². The number of fused-ring (bicyclic) bond motifs is 1. The molecule has 2 N–H and O–H groups in total. The molecule has 2 saturated heterocycles. The Labute approximate surface area is 238 Å². The average Bonchev–Trinajstić information content (AvgIpc) is 3.60. The molecule has 0 spiro atoms. The van der Waals surface area contributed by atoms with Crippen LogP contribution in [0.5, 0.6) is 11.5 Å². The third kappa shape index (κ3) is 6.78. The van der Waals surface area contributed by atoms with E-state index in [1.165, 1.54) is 30.4 Å². The predicted molar refractivity (Wildman–Crippen MR) is 157 cm³/mol. The van der Waals surface area contributed by atoms with E-state index in [4.69, 9.17) is 9.47 Å². The molecule has 3 aliphatic rings. The minimum Gasteiger partial charge on any atom is -0.493 e. The maximum Gasteiger partial charge on any atom is 0.228 e. The van der Waals surface area contributed by atoms with Gasteiger partial charge in [0.1, 0.15) is 0 Å². The number of aryl methyl sites for hydroxylation is 2. The van der Waals surface area contributed by atoms with Crippen LogP contribution in [-0.2, 0) is 29.0 Å². The SMILES string of the molecule is COc1ccc(CN2C[C@@H](C(=O)NCC[C@H]3CCCN3C)C[C@@H](C(=O)Nc3ccc4c(c3)CCC4)C2)cc1OC. The Morgan fingerprint density at radius 3 is 2.45 bits per heavy atom. The van der Waals surface area contributed by atoms with Crippen LogP contribution in [0.1, 0.15) is 48.8 Å². The van der Waals surface area contributed by atoms with Gasteiger partial charge in [-0.15, -0.1) is 0 Å². The van der Waals surface area contributed by atoms with Crippen molar-refractivity contribution in [3.05, 3.63) is 53.1 Å². The van der Waals surface area contributed by atoms with Crippen molar-refractivity contribution in [3.8, 4) is 11.5 Å². The molecule has 8 heteroatoms. The van der Waals surface area contributed by atoms with Gasteiger partial charge in [-0.25, -0.2) is 0 Å². The molecular formula is C32H44N4O4. The number of amides is 2. The van der Waals surface area contributed by atoms with E-state index in [-0.39, 0.29) is 23.7 Å². The van der Waals surface area contributed by atoms with Gasteiger partial charge in [-0.05, 0) is 99.5 Å². The highest BCUT2D eigenvalue weighted by Crippen LogP contribution is 2.31. The van der Waals surface area contributed by atoms with Gasteiger partial charge < -0.3 is 25.0 Å². The van der Waals surface area contributed by atoms with Crippen LogP contribution in [-0.4, -0.2) is 75.1 Å². The Morgan fingerprint density at radius 2 is 1.70 bits per heavy atom. The third-order valence-electron chi connectivity index (χ3n) is 8.94. The van der Waals surface area contributed by atoms with Crippen molar-refractivity contribution in [1.29, 1.82) is 0 Å². The Hall–Kier alpha value is -3.10. The van der Waals surface area contributed by atoms with Gasteiger partial charge in [0.2, 0.25) is 11.8 Å². The van der Waals surface area contributed by atoms with Crippen LogP contribution in [0, 0.1) is 11.8 Å². The molecule has 2 amide bonds. The van der Waals surface area contributed by atoms with Crippen LogP contribution < -0.4 is 20.1 Å². The van der Waals surface area contributed by atoms with E-state index in [0.717, 1.165) is 37.1 Å². The number of rotatable bonds is 10. The Balaban J connectivity index is 1.26.